The number of nitrogens with zero attached hydrogens (tertiary/aromatic N) is 3. The minimum Gasteiger partial charge on any atom is -0.481 e. The third kappa shape index (κ3) is 4.39. The molecule has 158 valence electrons. The maximum atomic E-state index is 12.7. The molecule has 2 saturated heterocycles. The summed E-state index contributed by atoms with van der Waals surface area (Å²) in [6.07, 6.45) is 8.80. The number of nitrogens with two attached hydrogens (primary N) is 1. The highest BCUT2D eigenvalue weighted by atomic mass is 16.5. The van der Waals surface area contributed by atoms with E-state index in [-0.39, 0.29) is 17.2 Å². The molecular weight excluding hydrogens is 368 g/mol. The van der Waals surface area contributed by atoms with E-state index in [0.717, 1.165) is 64.2 Å². The fourth-order valence-electron chi connectivity index (χ4n) is 4.99. The second-order valence-electron chi connectivity index (χ2n) is 8.94. The molecule has 1 aromatic heterocycles. The lowest BCUT2D eigenvalue weighted by Gasteiger charge is -2.45. The molecule has 1 aromatic rings. The molecule has 29 heavy (non-hydrogen) atoms. The van der Waals surface area contributed by atoms with Crippen molar-refractivity contribution in [1.29, 1.82) is 0 Å². The zero-order valence-electron chi connectivity index (χ0n) is 17.3. The second-order valence-corrected chi connectivity index (χ2v) is 8.94. The highest BCUT2D eigenvalue weighted by molar-refractivity contribution is 5.94. The first-order valence-electron chi connectivity index (χ1n) is 10.8. The number of aromatic nitrogens is 1. The van der Waals surface area contributed by atoms with E-state index in [1.165, 1.54) is 12.8 Å². The number of likely N-dealkylation sites (tertiary alicyclic amines) is 2. The maximum Gasteiger partial charge on any atom is 0.255 e. The van der Waals surface area contributed by atoms with Gasteiger partial charge >= 0.3 is 0 Å². The number of primary amides is 1. The summed E-state index contributed by atoms with van der Waals surface area (Å²) in [6.45, 7) is 3.40. The molecule has 4 rings (SSSR count). The Labute approximate surface area is 172 Å². The SMILES string of the molecule is COc1ccc(C(=O)N2CCC(N3CCC(CC4CC4)(C(N)=O)CC3)CC2)cn1. The predicted octanol–water partition coefficient (Wildman–Crippen LogP) is 2.06. The van der Waals surface area contributed by atoms with Gasteiger partial charge in [0.05, 0.1) is 18.1 Å². The molecule has 0 bridgehead atoms. The van der Waals surface area contributed by atoms with E-state index in [2.05, 4.69) is 9.88 Å². The lowest BCUT2D eigenvalue weighted by Crippen LogP contribution is -2.53. The molecule has 3 aliphatic rings. The van der Waals surface area contributed by atoms with Crippen molar-refractivity contribution in [3.8, 4) is 5.88 Å². The smallest absolute Gasteiger partial charge is 0.255 e. The summed E-state index contributed by atoms with van der Waals surface area (Å²) in [6, 6.07) is 3.98. The van der Waals surface area contributed by atoms with Gasteiger partial charge in [-0.05, 0) is 57.2 Å². The Kier molecular flexibility index (Phi) is 5.76. The lowest BCUT2D eigenvalue weighted by molar-refractivity contribution is -0.132. The summed E-state index contributed by atoms with van der Waals surface area (Å²) >= 11 is 0. The van der Waals surface area contributed by atoms with E-state index in [1.807, 2.05) is 4.90 Å². The number of ether oxygens (including phenoxy) is 1. The Bertz CT molecular complexity index is 731. The first-order valence-corrected chi connectivity index (χ1v) is 10.8. The summed E-state index contributed by atoms with van der Waals surface area (Å²) in [7, 11) is 1.56. The van der Waals surface area contributed by atoms with Crippen molar-refractivity contribution in [2.24, 2.45) is 17.1 Å². The zero-order chi connectivity index (χ0) is 20.4. The Morgan fingerprint density at radius 3 is 2.34 bits per heavy atom. The van der Waals surface area contributed by atoms with E-state index in [0.29, 0.717) is 17.5 Å². The van der Waals surface area contributed by atoms with Crippen LogP contribution in [0.4, 0.5) is 0 Å². The number of carbonyl (C=O) groups is 2. The number of amides is 2. The molecule has 7 nitrogen and oxygen atoms in total. The van der Waals surface area contributed by atoms with E-state index < -0.39 is 0 Å². The molecule has 2 aliphatic heterocycles. The van der Waals surface area contributed by atoms with Crippen LogP contribution in [-0.4, -0.2) is 65.9 Å². The Hall–Kier alpha value is -2.15. The summed E-state index contributed by atoms with van der Waals surface area (Å²) < 4.78 is 5.06. The van der Waals surface area contributed by atoms with Crippen molar-refractivity contribution in [3.05, 3.63) is 23.9 Å². The van der Waals surface area contributed by atoms with Crippen LogP contribution in [0.2, 0.25) is 0 Å². The van der Waals surface area contributed by atoms with Crippen molar-refractivity contribution < 1.29 is 14.3 Å². The topological polar surface area (TPSA) is 88.8 Å². The number of methoxy groups -OCH3 is 1. The molecular formula is C22H32N4O3. The third-order valence-electron chi connectivity index (χ3n) is 7.11. The molecule has 0 atom stereocenters. The van der Waals surface area contributed by atoms with Gasteiger partial charge in [-0.25, -0.2) is 4.98 Å². The number of hydrogen-bond acceptors (Lipinski definition) is 5. The van der Waals surface area contributed by atoms with Crippen LogP contribution in [0.3, 0.4) is 0 Å². The average molecular weight is 401 g/mol. The van der Waals surface area contributed by atoms with Gasteiger partial charge in [-0.15, -0.1) is 0 Å². The van der Waals surface area contributed by atoms with Crippen molar-refractivity contribution in [1.82, 2.24) is 14.8 Å². The molecule has 3 fully saturated rings. The van der Waals surface area contributed by atoms with Crippen molar-refractivity contribution >= 4 is 11.8 Å². The lowest BCUT2D eigenvalue weighted by atomic mass is 9.73. The predicted molar refractivity (Wildman–Crippen MR) is 109 cm³/mol. The molecule has 0 radical (unpaired) electrons. The molecule has 1 saturated carbocycles. The minimum atomic E-state index is -0.282. The van der Waals surface area contributed by atoms with E-state index in [1.54, 1.807) is 25.4 Å². The molecule has 0 unspecified atom stereocenters. The van der Waals surface area contributed by atoms with Gasteiger partial charge in [-0.1, -0.05) is 12.8 Å². The number of rotatable bonds is 6. The van der Waals surface area contributed by atoms with Crippen LogP contribution < -0.4 is 10.5 Å². The first-order chi connectivity index (χ1) is 14.0. The molecule has 2 amide bonds. The van der Waals surface area contributed by atoms with Gasteiger partial charge in [-0.2, -0.15) is 0 Å². The van der Waals surface area contributed by atoms with Crippen LogP contribution in [0.5, 0.6) is 5.88 Å². The van der Waals surface area contributed by atoms with Crippen molar-refractivity contribution in [3.63, 3.8) is 0 Å². The first kappa shape index (κ1) is 20.1. The molecule has 2 N–H and O–H groups in total. The van der Waals surface area contributed by atoms with E-state index in [4.69, 9.17) is 10.5 Å². The number of piperidine rings is 2. The highest BCUT2D eigenvalue weighted by Crippen LogP contribution is 2.46. The van der Waals surface area contributed by atoms with Gasteiger partial charge in [0.25, 0.3) is 5.91 Å². The minimum absolute atomic E-state index is 0.0365. The quantitative estimate of drug-likeness (QED) is 0.790. The molecule has 0 aromatic carbocycles. The van der Waals surface area contributed by atoms with Crippen molar-refractivity contribution in [2.75, 3.05) is 33.3 Å². The maximum absolute atomic E-state index is 12.7. The fourth-order valence-corrected chi connectivity index (χ4v) is 4.99. The summed E-state index contributed by atoms with van der Waals surface area (Å²) in [5, 5.41) is 0. The average Bonchev–Trinajstić information content (AvgIpc) is 3.58. The fraction of sp³-hybridized carbons (Fsp3) is 0.682. The van der Waals surface area contributed by atoms with Crippen LogP contribution >= 0.6 is 0 Å². The van der Waals surface area contributed by atoms with Gasteiger partial charge in [0.2, 0.25) is 11.8 Å². The molecule has 1 aliphatic carbocycles. The number of hydrogen-bond donors (Lipinski definition) is 1. The summed E-state index contributed by atoms with van der Waals surface area (Å²) in [4.78, 5) is 33.5. The van der Waals surface area contributed by atoms with E-state index >= 15 is 0 Å². The third-order valence-corrected chi connectivity index (χ3v) is 7.11. The zero-order valence-corrected chi connectivity index (χ0v) is 17.3. The summed E-state index contributed by atoms with van der Waals surface area (Å²) in [5.41, 5.74) is 6.14. The standard InChI is InChI=1S/C22H32N4O3/c1-29-19-5-4-17(15-24-19)20(27)26-10-6-18(7-11-26)25-12-8-22(9-13-25,21(23)28)14-16-2-3-16/h4-5,15-16,18H,2-3,6-14H2,1H3,(H2,23,28). The van der Waals surface area contributed by atoms with Crippen LogP contribution in [0.25, 0.3) is 0 Å². The van der Waals surface area contributed by atoms with Crippen LogP contribution in [0.1, 0.15) is 55.3 Å². The molecule has 3 heterocycles. The van der Waals surface area contributed by atoms with Gasteiger partial charge < -0.3 is 20.3 Å². The monoisotopic (exact) mass is 400 g/mol. The largest absolute Gasteiger partial charge is 0.481 e. The Morgan fingerprint density at radius 1 is 1.14 bits per heavy atom. The van der Waals surface area contributed by atoms with E-state index in [9.17, 15) is 9.59 Å². The van der Waals surface area contributed by atoms with Crippen LogP contribution in [0.15, 0.2) is 18.3 Å². The van der Waals surface area contributed by atoms with Gasteiger partial charge in [0.1, 0.15) is 0 Å². The van der Waals surface area contributed by atoms with Gasteiger partial charge in [0, 0.05) is 31.4 Å². The summed E-state index contributed by atoms with van der Waals surface area (Å²) in [5.74, 6) is 1.17. The van der Waals surface area contributed by atoms with Gasteiger partial charge in [0.15, 0.2) is 0 Å². The normalized spacial score (nSPS) is 23.0. The second kappa shape index (κ2) is 8.30. The highest BCUT2D eigenvalue weighted by Gasteiger charge is 2.44. The molecule has 7 heteroatoms. The number of pyridine rings is 1. The van der Waals surface area contributed by atoms with Crippen LogP contribution in [0, 0.1) is 11.3 Å². The van der Waals surface area contributed by atoms with Crippen LogP contribution in [-0.2, 0) is 4.79 Å². The Morgan fingerprint density at radius 2 is 1.83 bits per heavy atom. The Balaban J connectivity index is 1.28. The number of carbonyl (C=O) groups excluding carboxylic acids is 2. The molecule has 0 spiro atoms. The van der Waals surface area contributed by atoms with Gasteiger partial charge in [-0.3, -0.25) is 9.59 Å². The van der Waals surface area contributed by atoms with Crippen molar-refractivity contribution in [2.45, 2.75) is 51.0 Å².